The van der Waals surface area contributed by atoms with E-state index in [1.807, 2.05) is 6.92 Å². The Kier molecular flexibility index (Phi) is 9.07. The normalized spacial score (nSPS) is 15.5. The maximum atomic E-state index is 13.2. The summed E-state index contributed by atoms with van der Waals surface area (Å²) in [6.07, 6.45) is 6.94. The predicted molar refractivity (Wildman–Crippen MR) is 132 cm³/mol. The molecule has 32 heavy (non-hydrogen) atoms. The maximum Gasteiger partial charge on any atom is 0.225 e. The van der Waals surface area contributed by atoms with Crippen LogP contribution < -0.4 is 4.90 Å². The molecule has 5 nitrogen and oxygen atoms in total. The van der Waals surface area contributed by atoms with Gasteiger partial charge in [-0.3, -0.25) is 4.79 Å². The summed E-state index contributed by atoms with van der Waals surface area (Å²) in [5.41, 5.74) is 3.65. The van der Waals surface area contributed by atoms with Gasteiger partial charge in [0.2, 0.25) is 5.91 Å². The van der Waals surface area contributed by atoms with E-state index < -0.39 is 0 Å². The molecule has 2 aromatic rings. The molecule has 1 fully saturated rings. The molecule has 0 bridgehead atoms. The first-order valence-electron chi connectivity index (χ1n) is 12.5. The molecule has 0 spiro atoms. The monoisotopic (exact) mass is 436 g/mol. The molecule has 1 aromatic heterocycles. The number of benzene rings is 1. The number of nitrogens with zero attached hydrogens (tertiary/aromatic N) is 4. The van der Waals surface area contributed by atoms with Crippen LogP contribution in [0.2, 0.25) is 0 Å². The summed E-state index contributed by atoms with van der Waals surface area (Å²) in [7, 11) is 0. The van der Waals surface area contributed by atoms with Gasteiger partial charge in [0.1, 0.15) is 11.6 Å². The van der Waals surface area contributed by atoms with Gasteiger partial charge in [-0.15, -0.1) is 0 Å². The molecule has 5 heteroatoms. The minimum Gasteiger partial charge on any atom is -0.354 e. The first-order valence-corrected chi connectivity index (χ1v) is 12.5. The molecule has 1 atom stereocenters. The molecule has 0 aliphatic carbocycles. The third-order valence-electron chi connectivity index (χ3n) is 6.60. The van der Waals surface area contributed by atoms with Crippen molar-refractivity contribution < 1.29 is 4.79 Å². The van der Waals surface area contributed by atoms with Crippen LogP contribution in [0.5, 0.6) is 0 Å². The number of aromatic nitrogens is 2. The van der Waals surface area contributed by atoms with Gasteiger partial charge in [-0.1, -0.05) is 63.9 Å². The molecule has 1 saturated heterocycles. The number of hydrogen-bond acceptors (Lipinski definition) is 4. The standard InChI is InChI=1S/C27H40N4O/c1-5-8-15-23(6-2)27(32)31-17-12-16-30(18-19-31)26-24(20-22-13-10-9-11-14-22)25(7-3)28-21(4)29-26/h9-11,13-14,23H,5-8,12,15-20H2,1-4H3. The van der Waals surface area contributed by atoms with Gasteiger partial charge in [0, 0.05) is 49.8 Å². The van der Waals surface area contributed by atoms with E-state index in [9.17, 15) is 4.79 Å². The van der Waals surface area contributed by atoms with E-state index in [1.165, 1.54) is 11.1 Å². The summed E-state index contributed by atoms with van der Waals surface area (Å²) in [4.78, 5) is 27.4. The lowest BCUT2D eigenvalue weighted by Crippen LogP contribution is -2.39. The Morgan fingerprint density at radius 2 is 1.81 bits per heavy atom. The molecule has 1 aliphatic rings. The van der Waals surface area contributed by atoms with Crippen molar-refractivity contribution in [1.82, 2.24) is 14.9 Å². The average Bonchev–Trinajstić information content (AvgIpc) is 3.07. The van der Waals surface area contributed by atoms with Crippen LogP contribution >= 0.6 is 0 Å². The number of aryl methyl sites for hydroxylation is 2. The van der Waals surface area contributed by atoms with E-state index in [1.54, 1.807) is 0 Å². The van der Waals surface area contributed by atoms with Crippen molar-refractivity contribution in [2.75, 3.05) is 31.1 Å². The fourth-order valence-electron chi connectivity index (χ4n) is 4.73. The van der Waals surface area contributed by atoms with Crippen molar-refractivity contribution in [1.29, 1.82) is 0 Å². The van der Waals surface area contributed by atoms with Crippen LogP contribution in [0.4, 0.5) is 5.82 Å². The molecule has 1 unspecified atom stereocenters. The van der Waals surface area contributed by atoms with E-state index in [-0.39, 0.29) is 5.92 Å². The summed E-state index contributed by atoms with van der Waals surface area (Å²) < 4.78 is 0. The molecule has 174 valence electrons. The van der Waals surface area contributed by atoms with Crippen LogP contribution in [-0.2, 0) is 17.6 Å². The zero-order valence-corrected chi connectivity index (χ0v) is 20.4. The minimum atomic E-state index is 0.170. The Morgan fingerprint density at radius 3 is 2.50 bits per heavy atom. The van der Waals surface area contributed by atoms with Crippen molar-refractivity contribution in [3.05, 3.63) is 53.0 Å². The Labute approximate surface area is 194 Å². The van der Waals surface area contributed by atoms with E-state index >= 15 is 0 Å². The molecule has 1 aromatic carbocycles. The fourth-order valence-corrected chi connectivity index (χ4v) is 4.73. The fraction of sp³-hybridized carbons (Fsp3) is 0.593. The number of anilines is 1. The van der Waals surface area contributed by atoms with Crippen molar-refractivity contribution in [3.63, 3.8) is 0 Å². The Bertz CT molecular complexity index is 867. The van der Waals surface area contributed by atoms with Crippen molar-refractivity contribution in [2.24, 2.45) is 5.92 Å². The van der Waals surface area contributed by atoms with Crippen molar-refractivity contribution in [3.8, 4) is 0 Å². The SMILES string of the molecule is CCCCC(CC)C(=O)N1CCCN(c2nc(C)nc(CC)c2Cc2ccccc2)CC1. The minimum absolute atomic E-state index is 0.170. The quantitative estimate of drug-likeness (QED) is 0.542. The molecule has 1 aliphatic heterocycles. The molecule has 2 heterocycles. The van der Waals surface area contributed by atoms with Crippen molar-refractivity contribution >= 4 is 11.7 Å². The first-order chi connectivity index (χ1) is 15.6. The number of carbonyl (C=O) groups is 1. The van der Waals surface area contributed by atoms with Crippen LogP contribution in [-0.4, -0.2) is 47.0 Å². The van der Waals surface area contributed by atoms with Gasteiger partial charge in [-0.25, -0.2) is 9.97 Å². The maximum absolute atomic E-state index is 13.2. The second-order valence-electron chi connectivity index (χ2n) is 8.95. The summed E-state index contributed by atoms with van der Waals surface area (Å²) in [5.74, 6) is 2.41. The van der Waals surface area contributed by atoms with E-state index in [2.05, 4.69) is 60.9 Å². The highest BCUT2D eigenvalue weighted by molar-refractivity contribution is 5.79. The van der Waals surface area contributed by atoms with Crippen LogP contribution in [0, 0.1) is 12.8 Å². The van der Waals surface area contributed by atoms with Crippen LogP contribution in [0.3, 0.4) is 0 Å². The average molecular weight is 437 g/mol. The van der Waals surface area contributed by atoms with Gasteiger partial charge in [-0.2, -0.15) is 0 Å². The lowest BCUT2D eigenvalue weighted by molar-refractivity contribution is -0.135. The molecule has 0 saturated carbocycles. The second kappa shape index (κ2) is 12.0. The number of rotatable bonds is 9. The van der Waals surface area contributed by atoms with Gasteiger partial charge in [-0.05, 0) is 38.2 Å². The highest BCUT2D eigenvalue weighted by atomic mass is 16.2. The predicted octanol–water partition coefficient (Wildman–Crippen LogP) is 5.19. The van der Waals surface area contributed by atoms with E-state index in [0.717, 1.165) is 88.5 Å². The lowest BCUT2D eigenvalue weighted by Gasteiger charge is -2.27. The Morgan fingerprint density at radius 1 is 1.03 bits per heavy atom. The highest BCUT2D eigenvalue weighted by Gasteiger charge is 2.26. The van der Waals surface area contributed by atoms with Gasteiger partial charge >= 0.3 is 0 Å². The summed E-state index contributed by atoms with van der Waals surface area (Å²) in [6.45, 7) is 11.9. The molecule has 1 amide bonds. The van der Waals surface area contributed by atoms with Gasteiger partial charge in [0.05, 0.1) is 0 Å². The van der Waals surface area contributed by atoms with Gasteiger partial charge < -0.3 is 9.80 Å². The second-order valence-corrected chi connectivity index (χ2v) is 8.95. The third-order valence-corrected chi connectivity index (χ3v) is 6.60. The van der Waals surface area contributed by atoms with E-state index in [4.69, 9.17) is 9.97 Å². The molecule has 0 radical (unpaired) electrons. The highest BCUT2D eigenvalue weighted by Crippen LogP contribution is 2.26. The number of unbranched alkanes of at least 4 members (excludes halogenated alkanes) is 1. The largest absolute Gasteiger partial charge is 0.354 e. The number of carbonyl (C=O) groups excluding carboxylic acids is 1. The molecular weight excluding hydrogens is 396 g/mol. The van der Waals surface area contributed by atoms with Crippen molar-refractivity contribution in [2.45, 2.75) is 72.6 Å². The first kappa shape index (κ1) is 24.2. The van der Waals surface area contributed by atoms with Crippen LogP contribution in [0.25, 0.3) is 0 Å². The Balaban J connectivity index is 1.81. The molecule has 3 rings (SSSR count). The van der Waals surface area contributed by atoms with Crippen LogP contribution in [0.15, 0.2) is 30.3 Å². The van der Waals surface area contributed by atoms with Gasteiger partial charge in [0.15, 0.2) is 0 Å². The Hall–Kier alpha value is -2.43. The van der Waals surface area contributed by atoms with Crippen LogP contribution in [0.1, 0.15) is 75.5 Å². The summed E-state index contributed by atoms with van der Waals surface area (Å²) in [6, 6.07) is 10.6. The smallest absolute Gasteiger partial charge is 0.225 e. The van der Waals surface area contributed by atoms with E-state index in [0.29, 0.717) is 5.91 Å². The number of amides is 1. The third kappa shape index (κ3) is 6.08. The number of hydrogen-bond donors (Lipinski definition) is 0. The molecular formula is C27H40N4O. The zero-order valence-electron chi connectivity index (χ0n) is 20.4. The summed E-state index contributed by atoms with van der Waals surface area (Å²) >= 11 is 0. The summed E-state index contributed by atoms with van der Waals surface area (Å²) in [5, 5.41) is 0. The molecule has 0 N–H and O–H groups in total. The lowest BCUT2D eigenvalue weighted by atomic mass is 9.97. The zero-order chi connectivity index (χ0) is 22.9. The topological polar surface area (TPSA) is 49.3 Å². The van der Waals surface area contributed by atoms with Gasteiger partial charge in [0.25, 0.3) is 0 Å².